The van der Waals surface area contributed by atoms with E-state index in [0.717, 1.165) is 5.69 Å². The Balaban J connectivity index is 2.07. The molecule has 0 bridgehead atoms. The van der Waals surface area contributed by atoms with Gasteiger partial charge < -0.3 is 5.73 Å². The molecule has 1 aromatic carbocycles. The Kier molecular flexibility index (Phi) is 1.63. The maximum absolute atomic E-state index is 5.81. The van der Waals surface area contributed by atoms with Crippen LogP contribution in [0.15, 0.2) is 36.5 Å². The van der Waals surface area contributed by atoms with E-state index < -0.39 is 0 Å². The first-order valence-corrected chi connectivity index (χ1v) is 5.17. The molecule has 0 atom stereocenters. The van der Waals surface area contributed by atoms with Crippen LogP contribution in [0.1, 0.15) is 24.1 Å². The third kappa shape index (κ3) is 1.23. The van der Waals surface area contributed by atoms with Crippen molar-refractivity contribution in [2.45, 2.75) is 18.3 Å². The molecule has 0 radical (unpaired) electrons. The molecule has 3 rings (SSSR count). The molecule has 0 saturated heterocycles. The molecule has 1 heterocycles. The summed E-state index contributed by atoms with van der Waals surface area (Å²) >= 11 is 0. The average molecular weight is 199 g/mol. The molecule has 15 heavy (non-hydrogen) atoms. The van der Waals surface area contributed by atoms with E-state index in [1.165, 1.54) is 24.1 Å². The topological polar surface area (TPSA) is 54.7 Å². The van der Waals surface area contributed by atoms with Crippen molar-refractivity contribution in [1.29, 1.82) is 0 Å². The van der Waals surface area contributed by atoms with Crippen LogP contribution in [0.4, 0.5) is 5.69 Å². The summed E-state index contributed by atoms with van der Waals surface area (Å²) in [4.78, 5) is 0. The van der Waals surface area contributed by atoms with Crippen molar-refractivity contribution in [3.05, 3.63) is 47.8 Å². The van der Waals surface area contributed by atoms with Crippen molar-refractivity contribution in [3.63, 3.8) is 0 Å². The minimum Gasteiger partial charge on any atom is -0.399 e. The molecule has 1 fully saturated rings. The van der Waals surface area contributed by atoms with E-state index in [4.69, 9.17) is 5.73 Å². The van der Waals surface area contributed by atoms with E-state index in [0.29, 0.717) is 0 Å². The third-order valence-corrected chi connectivity index (χ3v) is 3.21. The van der Waals surface area contributed by atoms with Crippen LogP contribution >= 0.6 is 0 Å². The van der Waals surface area contributed by atoms with Gasteiger partial charge in [-0.3, -0.25) is 5.10 Å². The highest BCUT2D eigenvalue weighted by atomic mass is 15.1. The average Bonchev–Trinajstić information content (AvgIpc) is 2.87. The number of benzene rings is 1. The lowest BCUT2D eigenvalue weighted by atomic mass is 9.92. The highest BCUT2D eigenvalue weighted by molar-refractivity contribution is 5.49. The number of aromatic amines is 1. The summed E-state index contributed by atoms with van der Waals surface area (Å²) in [5.74, 6) is 0. The number of nitrogen functional groups attached to an aromatic ring is 1. The summed E-state index contributed by atoms with van der Waals surface area (Å²) in [5.41, 5.74) is 9.30. The highest BCUT2D eigenvalue weighted by Gasteiger charge is 2.47. The van der Waals surface area contributed by atoms with E-state index in [1.54, 1.807) is 0 Å². The van der Waals surface area contributed by atoms with Crippen molar-refractivity contribution < 1.29 is 0 Å². The number of rotatable bonds is 2. The van der Waals surface area contributed by atoms with Crippen LogP contribution in [-0.4, -0.2) is 10.2 Å². The van der Waals surface area contributed by atoms with Crippen LogP contribution in [0.25, 0.3) is 0 Å². The first kappa shape index (κ1) is 8.53. The Morgan fingerprint density at radius 3 is 2.73 bits per heavy atom. The second-order valence-corrected chi connectivity index (χ2v) is 4.18. The normalized spacial score (nSPS) is 17.6. The van der Waals surface area contributed by atoms with Crippen molar-refractivity contribution in [3.8, 4) is 0 Å². The minimum absolute atomic E-state index is 0.159. The summed E-state index contributed by atoms with van der Waals surface area (Å²) in [6, 6.07) is 10.2. The van der Waals surface area contributed by atoms with Gasteiger partial charge in [-0.25, -0.2) is 0 Å². The molecule has 3 N–H and O–H groups in total. The Hall–Kier alpha value is -1.77. The van der Waals surface area contributed by atoms with Crippen LogP contribution < -0.4 is 5.73 Å². The zero-order valence-corrected chi connectivity index (χ0v) is 8.40. The standard InChI is InChI=1S/C12H13N3/c13-10-3-1-2-9(8-10)12(5-6-12)11-4-7-14-15-11/h1-4,7-8H,5-6,13H2,(H,14,15). The molecule has 76 valence electrons. The van der Waals surface area contributed by atoms with Crippen molar-refractivity contribution >= 4 is 5.69 Å². The fourth-order valence-electron chi connectivity index (χ4n) is 2.20. The molecular formula is C12H13N3. The maximum atomic E-state index is 5.81. The highest BCUT2D eigenvalue weighted by Crippen LogP contribution is 2.52. The fourth-order valence-corrected chi connectivity index (χ4v) is 2.20. The van der Waals surface area contributed by atoms with Gasteiger partial charge in [0.15, 0.2) is 0 Å². The Labute approximate surface area is 88.3 Å². The molecule has 1 aliphatic carbocycles. The molecule has 1 aromatic heterocycles. The zero-order valence-electron chi connectivity index (χ0n) is 8.40. The van der Waals surface area contributed by atoms with Crippen LogP contribution in [-0.2, 0) is 5.41 Å². The lowest BCUT2D eigenvalue weighted by molar-refractivity contribution is 0.792. The summed E-state index contributed by atoms with van der Waals surface area (Å²) in [6.45, 7) is 0. The van der Waals surface area contributed by atoms with Crippen LogP contribution in [0.5, 0.6) is 0 Å². The largest absolute Gasteiger partial charge is 0.399 e. The number of H-pyrrole nitrogens is 1. The van der Waals surface area contributed by atoms with Crippen molar-refractivity contribution in [2.24, 2.45) is 0 Å². The van der Waals surface area contributed by atoms with E-state index in [2.05, 4.69) is 28.4 Å². The minimum atomic E-state index is 0.159. The second-order valence-electron chi connectivity index (χ2n) is 4.18. The van der Waals surface area contributed by atoms with Gasteiger partial charge in [-0.1, -0.05) is 12.1 Å². The lowest BCUT2D eigenvalue weighted by Gasteiger charge is -2.13. The molecule has 1 aliphatic rings. The van der Waals surface area contributed by atoms with E-state index >= 15 is 0 Å². The number of nitrogens with zero attached hydrogens (tertiary/aromatic N) is 1. The van der Waals surface area contributed by atoms with Gasteiger partial charge in [-0.05, 0) is 36.6 Å². The van der Waals surface area contributed by atoms with E-state index in [-0.39, 0.29) is 5.41 Å². The quantitative estimate of drug-likeness (QED) is 0.727. The van der Waals surface area contributed by atoms with Gasteiger partial charge in [0.2, 0.25) is 0 Å². The molecule has 0 amide bonds. The van der Waals surface area contributed by atoms with Crippen LogP contribution in [0, 0.1) is 0 Å². The van der Waals surface area contributed by atoms with Gasteiger partial charge in [-0.2, -0.15) is 5.10 Å². The molecule has 0 aliphatic heterocycles. The summed E-state index contributed by atoms with van der Waals surface area (Å²) < 4.78 is 0. The monoisotopic (exact) mass is 199 g/mol. The first-order valence-electron chi connectivity index (χ1n) is 5.17. The van der Waals surface area contributed by atoms with Gasteiger partial charge >= 0.3 is 0 Å². The number of hydrogen-bond acceptors (Lipinski definition) is 2. The van der Waals surface area contributed by atoms with Crippen LogP contribution in [0.3, 0.4) is 0 Å². The molecule has 0 spiro atoms. The van der Waals surface area contributed by atoms with Gasteiger partial charge in [0, 0.05) is 23.0 Å². The summed E-state index contributed by atoms with van der Waals surface area (Å²) in [6.07, 6.45) is 4.17. The molecule has 3 nitrogen and oxygen atoms in total. The third-order valence-electron chi connectivity index (χ3n) is 3.21. The number of aromatic nitrogens is 2. The number of nitrogens with two attached hydrogens (primary N) is 1. The molecule has 0 unspecified atom stereocenters. The van der Waals surface area contributed by atoms with Crippen LogP contribution in [0.2, 0.25) is 0 Å². The first-order chi connectivity index (χ1) is 7.31. The SMILES string of the molecule is Nc1cccc(C2(c3ccn[nH]3)CC2)c1. The Bertz CT molecular complexity index is 469. The van der Waals surface area contributed by atoms with Gasteiger partial charge in [0.1, 0.15) is 0 Å². The smallest absolute Gasteiger partial charge is 0.0490 e. The summed E-state index contributed by atoms with van der Waals surface area (Å²) in [5, 5.41) is 7.09. The fraction of sp³-hybridized carbons (Fsp3) is 0.250. The Morgan fingerprint density at radius 1 is 1.27 bits per heavy atom. The van der Waals surface area contributed by atoms with Crippen molar-refractivity contribution in [1.82, 2.24) is 10.2 Å². The second kappa shape index (κ2) is 2.86. The maximum Gasteiger partial charge on any atom is 0.0490 e. The predicted molar refractivity (Wildman–Crippen MR) is 59.5 cm³/mol. The van der Waals surface area contributed by atoms with Gasteiger partial charge in [0.25, 0.3) is 0 Å². The zero-order chi connectivity index (χ0) is 10.3. The van der Waals surface area contributed by atoms with E-state index in [1.807, 2.05) is 18.3 Å². The molecule has 3 heteroatoms. The number of nitrogens with one attached hydrogen (secondary N) is 1. The van der Waals surface area contributed by atoms with Gasteiger partial charge in [0.05, 0.1) is 0 Å². The summed E-state index contributed by atoms with van der Waals surface area (Å²) in [7, 11) is 0. The number of hydrogen-bond donors (Lipinski definition) is 2. The van der Waals surface area contributed by atoms with Crippen molar-refractivity contribution in [2.75, 3.05) is 5.73 Å². The number of anilines is 1. The Morgan fingerprint density at radius 2 is 2.13 bits per heavy atom. The van der Waals surface area contributed by atoms with E-state index in [9.17, 15) is 0 Å². The molecule has 2 aromatic rings. The molecular weight excluding hydrogens is 186 g/mol. The van der Waals surface area contributed by atoms with Gasteiger partial charge in [-0.15, -0.1) is 0 Å². The lowest BCUT2D eigenvalue weighted by Crippen LogP contribution is -2.09. The predicted octanol–water partition coefficient (Wildman–Crippen LogP) is 2.07. The molecule has 1 saturated carbocycles.